The highest BCUT2D eigenvalue weighted by Gasteiger charge is 2.25. The van der Waals surface area contributed by atoms with Crippen molar-refractivity contribution in [1.82, 2.24) is 9.78 Å². The fourth-order valence-corrected chi connectivity index (χ4v) is 2.56. The van der Waals surface area contributed by atoms with Crippen LogP contribution >= 0.6 is 11.6 Å². The largest absolute Gasteiger partial charge is 0.391 e. The topological polar surface area (TPSA) is 38.0 Å². The predicted molar refractivity (Wildman–Crippen MR) is 82.1 cm³/mol. The summed E-state index contributed by atoms with van der Waals surface area (Å²) in [4.78, 5) is 0. The summed E-state index contributed by atoms with van der Waals surface area (Å²) in [5.41, 5.74) is 3.81. The van der Waals surface area contributed by atoms with Crippen LogP contribution in [0.25, 0.3) is 0 Å². The highest BCUT2D eigenvalue weighted by atomic mass is 35.5. The zero-order valence-electron chi connectivity index (χ0n) is 12.4. The van der Waals surface area contributed by atoms with E-state index in [1.165, 1.54) is 5.56 Å². The summed E-state index contributed by atoms with van der Waals surface area (Å²) in [6.45, 7) is 8.81. The molecular weight excluding hydrogens is 272 g/mol. The van der Waals surface area contributed by atoms with Crippen molar-refractivity contribution in [2.45, 2.75) is 46.3 Å². The smallest absolute Gasteiger partial charge is 0.133 e. The number of aliphatic hydroxyl groups is 1. The summed E-state index contributed by atoms with van der Waals surface area (Å²) in [5, 5.41) is 14.7. The Hall–Kier alpha value is -1.32. The minimum absolute atomic E-state index is 0.0841. The zero-order chi connectivity index (χ0) is 14.9. The minimum atomic E-state index is -0.139. The van der Waals surface area contributed by atoms with E-state index in [-0.39, 0.29) is 12.0 Å². The molecule has 0 amide bonds. The van der Waals surface area contributed by atoms with Gasteiger partial charge in [-0.05, 0) is 12.5 Å². The summed E-state index contributed by atoms with van der Waals surface area (Å²) in [6.07, 6.45) is 0. The predicted octanol–water partition coefficient (Wildman–Crippen LogP) is 3.68. The van der Waals surface area contributed by atoms with Crippen molar-refractivity contribution >= 4 is 11.6 Å². The van der Waals surface area contributed by atoms with Gasteiger partial charge >= 0.3 is 0 Å². The molecule has 1 aromatic carbocycles. The van der Waals surface area contributed by atoms with Crippen LogP contribution in [0.1, 0.15) is 43.2 Å². The summed E-state index contributed by atoms with van der Waals surface area (Å²) in [6, 6.07) is 8.27. The second-order valence-corrected chi connectivity index (χ2v) is 6.53. The van der Waals surface area contributed by atoms with Gasteiger partial charge in [-0.25, -0.2) is 4.68 Å². The molecule has 0 aliphatic rings. The Labute approximate surface area is 125 Å². The molecule has 2 rings (SSSR count). The van der Waals surface area contributed by atoms with Crippen molar-refractivity contribution < 1.29 is 5.11 Å². The summed E-state index contributed by atoms with van der Waals surface area (Å²) in [7, 11) is 0. The van der Waals surface area contributed by atoms with Crippen LogP contribution in [0.3, 0.4) is 0 Å². The Morgan fingerprint density at radius 1 is 1.30 bits per heavy atom. The first-order valence-electron chi connectivity index (χ1n) is 6.75. The molecule has 0 saturated carbocycles. The van der Waals surface area contributed by atoms with E-state index < -0.39 is 0 Å². The molecule has 1 N–H and O–H groups in total. The van der Waals surface area contributed by atoms with Crippen molar-refractivity contribution in [3.05, 3.63) is 51.8 Å². The average Bonchev–Trinajstić information content (AvgIpc) is 2.66. The third kappa shape index (κ3) is 3.05. The Kier molecular flexibility index (Phi) is 4.21. The van der Waals surface area contributed by atoms with Crippen LogP contribution in [0, 0.1) is 6.92 Å². The molecule has 4 heteroatoms. The number of aromatic nitrogens is 2. The van der Waals surface area contributed by atoms with Gasteiger partial charge in [0.15, 0.2) is 0 Å². The van der Waals surface area contributed by atoms with E-state index in [9.17, 15) is 5.11 Å². The van der Waals surface area contributed by atoms with Gasteiger partial charge in [-0.1, -0.05) is 62.2 Å². The maximum atomic E-state index is 9.55. The van der Waals surface area contributed by atoms with Gasteiger partial charge in [-0.3, -0.25) is 0 Å². The van der Waals surface area contributed by atoms with Crippen LogP contribution in [0.2, 0.25) is 5.15 Å². The van der Waals surface area contributed by atoms with Crippen LogP contribution in [0.15, 0.2) is 24.3 Å². The van der Waals surface area contributed by atoms with E-state index in [1.54, 1.807) is 4.68 Å². The number of rotatable bonds is 3. The van der Waals surface area contributed by atoms with Crippen molar-refractivity contribution in [1.29, 1.82) is 0 Å². The number of aryl methyl sites for hydroxylation is 1. The second kappa shape index (κ2) is 5.58. The Balaban J connectivity index is 2.41. The van der Waals surface area contributed by atoms with Crippen LogP contribution < -0.4 is 0 Å². The second-order valence-electron chi connectivity index (χ2n) is 6.17. The number of aliphatic hydroxyl groups excluding tert-OH is 1. The Bertz CT molecular complexity index is 611. The van der Waals surface area contributed by atoms with Gasteiger partial charge in [0.05, 0.1) is 18.8 Å². The molecule has 3 nitrogen and oxygen atoms in total. The maximum absolute atomic E-state index is 9.55. The quantitative estimate of drug-likeness (QED) is 0.937. The number of halogens is 1. The number of hydrogen-bond donors (Lipinski definition) is 1. The van der Waals surface area contributed by atoms with E-state index in [4.69, 9.17) is 11.6 Å². The lowest BCUT2D eigenvalue weighted by Crippen LogP contribution is -2.15. The van der Waals surface area contributed by atoms with Gasteiger partial charge in [0.2, 0.25) is 0 Å². The highest BCUT2D eigenvalue weighted by Crippen LogP contribution is 2.30. The van der Waals surface area contributed by atoms with E-state index in [0.29, 0.717) is 11.7 Å². The molecule has 0 saturated heterocycles. The first-order valence-corrected chi connectivity index (χ1v) is 7.13. The number of benzene rings is 1. The molecular formula is C16H21ClN2O. The molecule has 1 aromatic heterocycles. The van der Waals surface area contributed by atoms with Gasteiger partial charge in [0, 0.05) is 11.0 Å². The van der Waals surface area contributed by atoms with Gasteiger partial charge < -0.3 is 5.11 Å². The molecule has 0 atom stereocenters. The molecule has 0 fully saturated rings. The fraction of sp³-hybridized carbons (Fsp3) is 0.438. The van der Waals surface area contributed by atoms with E-state index in [2.05, 4.69) is 51.0 Å². The first-order chi connectivity index (χ1) is 9.32. The van der Waals surface area contributed by atoms with Gasteiger partial charge in [0.25, 0.3) is 0 Å². The molecule has 2 aromatic rings. The van der Waals surface area contributed by atoms with Crippen molar-refractivity contribution in [3.63, 3.8) is 0 Å². The zero-order valence-corrected chi connectivity index (χ0v) is 13.2. The van der Waals surface area contributed by atoms with E-state index in [0.717, 1.165) is 16.8 Å². The van der Waals surface area contributed by atoms with Crippen LogP contribution in [0.4, 0.5) is 0 Å². The SMILES string of the molecule is Cc1cccc(Cn2nc(C(C)(C)C)c(CO)c2Cl)c1. The average molecular weight is 293 g/mol. The molecule has 20 heavy (non-hydrogen) atoms. The summed E-state index contributed by atoms with van der Waals surface area (Å²) in [5.74, 6) is 0. The van der Waals surface area contributed by atoms with Crippen LogP contribution in [-0.4, -0.2) is 14.9 Å². The van der Waals surface area contributed by atoms with Gasteiger partial charge in [-0.15, -0.1) is 0 Å². The lowest BCUT2D eigenvalue weighted by Gasteiger charge is -2.16. The Morgan fingerprint density at radius 3 is 2.50 bits per heavy atom. The summed E-state index contributed by atoms with van der Waals surface area (Å²) >= 11 is 6.37. The molecule has 0 radical (unpaired) electrons. The van der Waals surface area contributed by atoms with Crippen molar-refractivity contribution in [3.8, 4) is 0 Å². The first kappa shape index (κ1) is 15.1. The lowest BCUT2D eigenvalue weighted by molar-refractivity contribution is 0.278. The Morgan fingerprint density at radius 2 is 2.00 bits per heavy atom. The molecule has 108 valence electrons. The molecule has 1 heterocycles. The lowest BCUT2D eigenvalue weighted by atomic mass is 9.90. The number of nitrogens with zero attached hydrogens (tertiary/aromatic N) is 2. The van der Waals surface area contributed by atoms with Gasteiger partial charge in [-0.2, -0.15) is 5.10 Å². The van der Waals surface area contributed by atoms with Crippen LogP contribution in [-0.2, 0) is 18.6 Å². The van der Waals surface area contributed by atoms with Crippen molar-refractivity contribution in [2.24, 2.45) is 0 Å². The molecule has 0 bridgehead atoms. The summed E-state index contributed by atoms with van der Waals surface area (Å²) < 4.78 is 1.77. The third-order valence-electron chi connectivity index (χ3n) is 3.27. The fourth-order valence-electron chi connectivity index (χ4n) is 2.31. The monoisotopic (exact) mass is 292 g/mol. The van der Waals surface area contributed by atoms with Crippen LogP contribution in [0.5, 0.6) is 0 Å². The van der Waals surface area contributed by atoms with E-state index in [1.807, 2.05) is 6.07 Å². The molecule has 0 aliphatic carbocycles. The molecule has 0 spiro atoms. The third-order valence-corrected chi connectivity index (χ3v) is 3.69. The maximum Gasteiger partial charge on any atom is 0.133 e. The molecule has 0 unspecified atom stereocenters. The van der Waals surface area contributed by atoms with Crippen molar-refractivity contribution in [2.75, 3.05) is 0 Å². The standard InChI is InChI=1S/C16H21ClN2O/c1-11-6-5-7-12(8-11)9-19-15(17)13(10-20)14(18-19)16(2,3)4/h5-8,20H,9-10H2,1-4H3. The molecule has 0 aliphatic heterocycles. The minimum Gasteiger partial charge on any atom is -0.391 e. The normalized spacial score (nSPS) is 11.9. The number of hydrogen-bond acceptors (Lipinski definition) is 2. The van der Waals surface area contributed by atoms with E-state index >= 15 is 0 Å². The van der Waals surface area contributed by atoms with Gasteiger partial charge in [0.1, 0.15) is 5.15 Å². The highest BCUT2D eigenvalue weighted by molar-refractivity contribution is 6.30.